The van der Waals surface area contributed by atoms with Crippen LogP contribution in [0, 0.1) is 17.2 Å². The summed E-state index contributed by atoms with van der Waals surface area (Å²) in [6.45, 7) is 6.68. The van der Waals surface area contributed by atoms with E-state index in [0.29, 0.717) is 11.3 Å². The molecule has 1 N–H and O–H groups in total. The molecule has 8 heteroatoms. The summed E-state index contributed by atoms with van der Waals surface area (Å²) in [5, 5.41) is 12.1. The van der Waals surface area contributed by atoms with E-state index in [1.54, 1.807) is 0 Å². The Kier molecular flexibility index (Phi) is 6.51. The molecule has 0 amide bonds. The number of nitriles is 1. The van der Waals surface area contributed by atoms with Gasteiger partial charge in [0.2, 0.25) is 5.84 Å². The van der Waals surface area contributed by atoms with Gasteiger partial charge in [0.05, 0.1) is 23.5 Å². The molecule has 5 nitrogen and oxygen atoms in total. The second kappa shape index (κ2) is 7.92. The largest absolute Gasteiger partial charge is 0.449 e. The Morgan fingerprint density at radius 2 is 2.13 bits per heavy atom. The van der Waals surface area contributed by atoms with E-state index < -0.39 is 18.2 Å². The van der Waals surface area contributed by atoms with Crippen LogP contribution < -0.4 is 5.32 Å². The second-order valence-electron chi connectivity index (χ2n) is 5.16. The van der Waals surface area contributed by atoms with Crippen LogP contribution in [0.5, 0.6) is 0 Å². The summed E-state index contributed by atoms with van der Waals surface area (Å²) >= 11 is 0. The van der Waals surface area contributed by atoms with Crippen molar-refractivity contribution in [3.8, 4) is 6.07 Å². The summed E-state index contributed by atoms with van der Waals surface area (Å²) in [4.78, 5) is 8.16. The third-order valence-corrected chi connectivity index (χ3v) is 3.58. The van der Waals surface area contributed by atoms with Gasteiger partial charge in [-0.1, -0.05) is 6.58 Å². The van der Waals surface area contributed by atoms with Crippen molar-refractivity contribution in [3.05, 3.63) is 24.0 Å². The topological polar surface area (TPSA) is 63.8 Å². The summed E-state index contributed by atoms with van der Waals surface area (Å²) in [6, 6.07) is 2.04. The highest BCUT2D eigenvalue weighted by atomic mass is 19.4. The van der Waals surface area contributed by atoms with E-state index in [1.807, 2.05) is 6.07 Å². The lowest BCUT2D eigenvalue weighted by Gasteiger charge is -2.31. The Morgan fingerprint density at radius 1 is 1.52 bits per heavy atom. The normalized spacial score (nSPS) is 17.8. The van der Waals surface area contributed by atoms with Crippen molar-refractivity contribution in [1.82, 2.24) is 10.2 Å². The van der Waals surface area contributed by atoms with Crippen molar-refractivity contribution in [2.45, 2.75) is 31.6 Å². The smallest absolute Gasteiger partial charge is 0.340 e. The minimum Gasteiger partial charge on any atom is -0.340 e. The number of nitrogens with one attached hydrogen (secondary N) is 1. The fourth-order valence-electron chi connectivity index (χ4n) is 2.26. The monoisotopic (exact) mass is 327 g/mol. The molecule has 0 aromatic carbocycles. The average molecular weight is 327 g/mol. The number of hydrogen-bond donors (Lipinski definition) is 1. The van der Waals surface area contributed by atoms with Crippen molar-refractivity contribution >= 4 is 12.6 Å². The maximum Gasteiger partial charge on any atom is 0.449 e. The molecule has 1 rings (SSSR count). The van der Waals surface area contributed by atoms with Crippen molar-refractivity contribution in [3.63, 3.8) is 0 Å². The van der Waals surface area contributed by atoms with Crippen LogP contribution in [0.15, 0.2) is 34.0 Å². The van der Waals surface area contributed by atoms with Crippen LogP contribution in [0.2, 0.25) is 0 Å². The molecule has 0 saturated heterocycles. The van der Waals surface area contributed by atoms with Gasteiger partial charge in [-0.05, 0) is 26.6 Å². The Hall–Kier alpha value is -2.14. The number of allylic oxidation sites excluding steroid dienone is 1. The van der Waals surface area contributed by atoms with E-state index in [4.69, 9.17) is 0 Å². The zero-order valence-corrected chi connectivity index (χ0v) is 13.2. The van der Waals surface area contributed by atoms with Crippen LogP contribution in [-0.4, -0.2) is 43.9 Å². The van der Waals surface area contributed by atoms with E-state index in [-0.39, 0.29) is 12.3 Å². The first-order valence-corrected chi connectivity index (χ1v) is 7.06. The third-order valence-electron chi connectivity index (χ3n) is 3.58. The van der Waals surface area contributed by atoms with Crippen molar-refractivity contribution in [2.75, 3.05) is 14.1 Å². The van der Waals surface area contributed by atoms with Gasteiger partial charge in [-0.15, -0.1) is 0 Å². The minimum atomic E-state index is -4.62. The molecule has 0 bridgehead atoms. The van der Waals surface area contributed by atoms with Gasteiger partial charge < -0.3 is 10.2 Å². The van der Waals surface area contributed by atoms with Crippen molar-refractivity contribution < 1.29 is 13.2 Å². The third kappa shape index (κ3) is 4.93. The number of rotatable bonds is 7. The van der Waals surface area contributed by atoms with E-state index in [2.05, 4.69) is 28.6 Å². The zero-order valence-electron chi connectivity index (χ0n) is 13.2. The zero-order chi connectivity index (χ0) is 17.6. The lowest BCUT2D eigenvalue weighted by Crippen LogP contribution is -2.50. The predicted octanol–water partition coefficient (Wildman–Crippen LogP) is 2.85. The van der Waals surface area contributed by atoms with Crippen LogP contribution in [0.25, 0.3) is 0 Å². The van der Waals surface area contributed by atoms with Crippen LogP contribution in [0.4, 0.5) is 13.2 Å². The molecule has 0 aromatic heterocycles. The molecule has 1 unspecified atom stereocenters. The molecule has 0 aliphatic heterocycles. The number of alkyl halides is 3. The van der Waals surface area contributed by atoms with Crippen LogP contribution in [0.1, 0.15) is 19.3 Å². The fraction of sp³-hybridized carbons (Fsp3) is 0.533. The average Bonchev–Trinajstić information content (AvgIpc) is 3.31. The SMILES string of the molecule is C=CN=C(N(C)C(C/C(C#N)=C(\N=C)C1CC1)NC)C(F)(F)F. The van der Waals surface area contributed by atoms with Gasteiger partial charge in [0.1, 0.15) is 0 Å². The van der Waals surface area contributed by atoms with E-state index in [9.17, 15) is 18.4 Å². The fourth-order valence-corrected chi connectivity index (χ4v) is 2.26. The maximum absolute atomic E-state index is 13.1. The summed E-state index contributed by atoms with van der Waals surface area (Å²) < 4.78 is 39.2. The molecule has 0 radical (unpaired) electrons. The highest BCUT2D eigenvalue weighted by Crippen LogP contribution is 2.39. The number of amidine groups is 1. The van der Waals surface area contributed by atoms with Crippen LogP contribution in [-0.2, 0) is 0 Å². The summed E-state index contributed by atoms with van der Waals surface area (Å²) in [6.07, 6.45) is -2.63. The van der Waals surface area contributed by atoms with Crippen molar-refractivity contribution in [2.24, 2.45) is 15.9 Å². The summed E-state index contributed by atoms with van der Waals surface area (Å²) in [5.74, 6) is -0.891. The molecule has 0 aromatic rings. The van der Waals surface area contributed by atoms with Gasteiger partial charge in [0, 0.05) is 25.6 Å². The lowest BCUT2D eigenvalue weighted by molar-refractivity contribution is -0.0699. The van der Waals surface area contributed by atoms with Crippen LogP contribution >= 0.6 is 0 Å². The molecule has 1 aliphatic carbocycles. The van der Waals surface area contributed by atoms with Gasteiger partial charge in [-0.25, -0.2) is 4.99 Å². The highest BCUT2D eigenvalue weighted by Gasteiger charge is 2.40. The van der Waals surface area contributed by atoms with Gasteiger partial charge in [-0.2, -0.15) is 18.4 Å². The molecule has 23 heavy (non-hydrogen) atoms. The quantitative estimate of drug-likeness (QED) is 0.338. The summed E-state index contributed by atoms with van der Waals surface area (Å²) in [5.41, 5.74) is 0.921. The number of halogens is 3. The molecule has 1 saturated carbocycles. The maximum atomic E-state index is 13.1. The number of aliphatic imine (C=N–C) groups is 2. The van der Waals surface area contributed by atoms with E-state index in [0.717, 1.165) is 23.9 Å². The second-order valence-corrected chi connectivity index (χ2v) is 5.16. The molecule has 0 spiro atoms. The van der Waals surface area contributed by atoms with Gasteiger partial charge in [0.15, 0.2) is 0 Å². The first kappa shape index (κ1) is 18.9. The number of hydrogen-bond acceptors (Lipinski definition) is 4. The Morgan fingerprint density at radius 3 is 2.48 bits per heavy atom. The highest BCUT2D eigenvalue weighted by molar-refractivity contribution is 5.88. The molecule has 1 aliphatic rings. The standard InChI is InChI=1S/C15H20F3N5/c1-5-22-14(15(16,17)18)23(4)12(20-2)8-11(9-19)13(21-3)10-6-7-10/h5,10,12,20H,1,3,6-8H2,2,4H3/b13-11+,22-14?. The van der Waals surface area contributed by atoms with Crippen molar-refractivity contribution in [1.29, 1.82) is 5.26 Å². The molecule has 0 heterocycles. The van der Waals surface area contributed by atoms with Gasteiger partial charge in [0.25, 0.3) is 0 Å². The number of nitrogens with zero attached hydrogens (tertiary/aromatic N) is 4. The molecular formula is C15H20F3N5. The Bertz CT molecular complexity index is 552. The van der Waals surface area contributed by atoms with Gasteiger partial charge in [-0.3, -0.25) is 4.99 Å². The van der Waals surface area contributed by atoms with E-state index >= 15 is 0 Å². The lowest BCUT2D eigenvalue weighted by atomic mass is 10.1. The molecule has 126 valence electrons. The molecule has 1 fully saturated rings. The Balaban J connectivity index is 3.07. The first-order chi connectivity index (χ1) is 10.8. The Labute approximate surface area is 133 Å². The first-order valence-electron chi connectivity index (χ1n) is 7.06. The molecule has 1 atom stereocenters. The van der Waals surface area contributed by atoms with E-state index in [1.165, 1.54) is 14.1 Å². The predicted molar refractivity (Wildman–Crippen MR) is 83.8 cm³/mol. The van der Waals surface area contributed by atoms with Crippen LogP contribution in [0.3, 0.4) is 0 Å². The summed E-state index contributed by atoms with van der Waals surface area (Å²) in [7, 11) is 2.79. The molecular weight excluding hydrogens is 307 g/mol. The van der Waals surface area contributed by atoms with Gasteiger partial charge >= 0.3 is 6.18 Å². The minimum absolute atomic E-state index is 0.0700.